The molecule has 8 heteroatoms. The van der Waals surface area contributed by atoms with Crippen molar-refractivity contribution in [3.63, 3.8) is 0 Å². The van der Waals surface area contributed by atoms with Crippen LogP contribution < -0.4 is 17.0 Å². The van der Waals surface area contributed by atoms with Crippen LogP contribution in [0.25, 0.3) is 0 Å². The predicted molar refractivity (Wildman–Crippen MR) is 81.7 cm³/mol. The lowest BCUT2D eigenvalue weighted by atomic mass is 9.93. The molecule has 1 aromatic carbocycles. The van der Waals surface area contributed by atoms with Crippen LogP contribution in [-0.4, -0.2) is 27.3 Å². The number of H-pyrrole nitrogens is 2. The maximum Gasteiger partial charge on any atom is 0.326 e. The van der Waals surface area contributed by atoms with Crippen molar-refractivity contribution in [1.29, 1.82) is 0 Å². The molecule has 0 aliphatic carbocycles. The van der Waals surface area contributed by atoms with E-state index < -0.39 is 17.2 Å². The molecule has 1 aliphatic rings. The van der Waals surface area contributed by atoms with Gasteiger partial charge in [0.25, 0.3) is 11.5 Å². The number of benzene rings is 1. The Kier molecular flexibility index (Phi) is 3.51. The molecule has 1 atom stereocenters. The lowest BCUT2D eigenvalue weighted by Gasteiger charge is -2.35. The highest BCUT2D eigenvalue weighted by atomic mass is 19.1. The van der Waals surface area contributed by atoms with Crippen LogP contribution in [0.3, 0.4) is 0 Å². The van der Waals surface area contributed by atoms with Crippen LogP contribution in [0, 0.1) is 5.82 Å². The molecule has 1 unspecified atom stereocenters. The van der Waals surface area contributed by atoms with Crippen LogP contribution in [0.15, 0.2) is 27.8 Å². The Morgan fingerprint density at radius 1 is 1.35 bits per heavy atom. The number of carbonyl (C=O) groups is 1. The van der Waals surface area contributed by atoms with E-state index >= 15 is 0 Å². The molecule has 0 spiro atoms. The van der Waals surface area contributed by atoms with Gasteiger partial charge in [0.2, 0.25) is 0 Å². The summed E-state index contributed by atoms with van der Waals surface area (Å²) >= 11 is 0. The number of nitrogens with one attached hydrogen (secondary N) is 2. The maximum absolute atomic E-state index is 13.3. The number of halogens is 1. The molecular formula is C15H15FN4O3. The third-order valence-corrected chi connectivity index (χ3v) is 4.10. The van der Waals surface area contributed by atoms with Crippen LogP contribution in [0.2, 0.25) is 0 Å². The van der Waals surface area contributed by atoms with Gasteiger partial charge in [0.1, 0.15) is 17.2 Å². The molecule has 1 amide bonds. The molecule has 0 bridgehead atoms. The summed E-state index contributed by atoms with van der Waals surface area (Å²) in [6, 6.07) is 4.11. The minimum Gasteiger partial charge on any atom is -0.392 e. The number of aromatic nitrogens is 2. The molecule has 1 aliphatic heterocycles. The lowest BCUT2D eigenvalue weighted by molar-refractivity contribution is 0.0672. The maximum atomic E-state index is 13.3. The highest BCUT2D eigenvalue weighted by Gasteiger charge is 2.30. The number of carbonyl (C=O) groups excluding carboxylic acids is 1. The standard InChI is InChI=1S/C15H15FN4O3/c1-7-10-3-2-9(16)6-8(10)4-5-20(7)14(22)12-11(17)13(21)19-15(23)18-12/h2-3,6-7H,4-5,17H2,1H3,(H2,18,19,21,23). The Morgan fingerprint density at radius 2 is 2.09 bits per heavy atom. The summed E-state index contributed by atoms with van der Waals surface area (Å²) in [4.78, 5) is 41.3. The van der Waals surface area contributed by atoms with Gasteiger partial charge in [0, 0.05) is 6.54 Å². The molecule has 2 heterocycles. The van der Waals surface area contributed by atoms with Gasteiger partial charge in [-0.2, -0.15) is 0 Å². The molecule has 1 aromatic heterocycles. The number of hydrogen-bond acceptors (Lipinski definition) is 4. The second kappa shape index (κ2) is 5.38. The van der Waals surface area contributed by atoms with Gasteiger partial charge < -0.3 is 15.6 Å². The fraction of sp³-hybridized carbons (Fsp3) is 0.267. The smallest absolute Gasteiger partial charge is 0.326 e. The first kappa shape index (κ1) is 15.0. The van der Waals surface area contributed by atoms with E-state index in [1.807, 2.05) is 4.98 Å². The van der Waals surface area contributed by atoms with Crippen LogP contribution in [0.5, 0.6) is 0 Å². The van der Waals surface area contributed by atoms with Gasteiger partial charge in [-0.25, -0.2) is 9.18 Å². The van der Waals surface area contributed by atoms with E-state index in [4.69, 9.17) is 5.73 Å². The van der Waals surface area contributed by atoms with Crippen molar-refractivity contribution >= 4 is 11.6 Å². The predicted octanol–water partition coefficient (Wildman–Crippen LogP) is 0.544. The SMILES string of the molecule is CC1c2ccc(F)cc2CCN1C(=O)c1[nH]c(=O)[nH]c(=O)c1N. The van der Waals surface area contributed by atoms with Crippen molar-refractivity contribution in [3.8, 4) is 0 Å². The zero-order chi connectivity index (χ0) is 16.7. The average Bonchev–Trinajstić information content (AvgIpc) is 2.50. The third-order valence-electron chi connectivity index (χ3n) is 4.10. The Hall–Kier alpha value is -2.90. The Morgan fingerprint density at radius 3 is 2.83 bits per heavy atom. The fourth-order valence-electron chi connectivity index (χ4n) is 2.89. The van der Waals surface area contributed by atoms with E-state index in [1.165, 1.54) is 17.0 Å². The number of fused-ring (bicyclic) bond motifs is 1. The number of nitrogen functional groups attached to an aromatic ring is 1. The first-order valence-electron chi connectivity index (χ1n) is 7.10. The molecule has 3 rings (SSSR count). The second-order valence-electron chi connectivity index (χ2n) is 5.46. The fourth-order valence-corrected chi connectivity index (χ4v) is 2.89. The van der Waals surface area contributed by atoms with Crippen molar-refractivity contribution in [2.75, 3.05) is 12.3 Å². The van der Waals surface area contributed by atoms with E-state index in [0.717, 1.165) is 11.1 Å². The largest absolute Gasteiger partial charge is 0.392 e. The Balaban J connectivity index is 2.00. The summed E-state index contributed by atoms with van der Waals surface area (Å²) in [5, 5.41) is 0. The number of anilines is 1. The second-order valence-corrected chi connectivity index (χ2v) is 5.46. The van der Waals surface area contributed by atoms with Crippen molar-refractivity contribution in [3.05, 3.63) is 61.7 Å². The number of aromatic amines is 2. The minimum absolute atomic E-state index is 0.226. The summed E-state index contributed by atoms with van der Waals surface area (Å²) in [6.07, 6.45) is 0.483. The number of amides is 1. The molecule has 7 nitrogen and oxygen atoms in total. The molecule has 0 saturated heterocycles. The van der Waals surface area contributed by atoms with Gasteiger partial charge >= 0.3 is 5.69 Å². The van der Waals surface area contributed by atoms with E-state index in [9.17, 15) is 18.8 Å². The van der Waals surface area contributed by atoms with Gasteiger partial charge in [-0.1, -0.05) is 6.07 Å². The lowest BCUT2D eigenvalue weighted by Crippen LogP contribution is -2.41. The van der Waals surface area contributed by atoms with E-state index in [-0.39, 0.29) is 23.2 Å². The molecule has 4 N–H and O–H groups in total. The van der Waals surface area contributed by atoms with Crippen molar-refractivity contribution < 1.29 is 9.18 Å². The highest BCUT2D eigenvalue weighted by molar-refractivity contribution is 5.97. The average molecular weight is 318 g/mol. The molecule has 23 heavy (non-hydrogen) atoms. The minimum atomic E-state index is -0.802. The first-order valence-corrected chi connectivity index (χ1v) is 7.10. The third kappa shape index (κ3) is 2.52. The van der Waals surface area contributed by atoms with Gasteiger partial charge in [-0.15, -0.1) is 0 Å². The Bertz CT molecular complexity index is 902. The molecule has 120 valence electrons. The summed E-state index contributed by atoms with van der Waals surface area (Å²) in [7, 11) is 0. The van der Waals surface area contributed by atoms with Gasteiger partial charge in [0.15, 0.2) is 0 Å². The summed E-state index contributed by atoms with van der Waals surface area (Å²) in [5.41, 5.74) is 5.13. The van der Waals surface area contributed by atoms with Gasteiger partial charge in [-0.3, -0.25) is 14.6 Å². The summed E-state index contributed by atoms with van der Waals surface area (Å²) in [6.45, 7) is 2.14. The topological polar surface area (TPSA) is 112 Å². The monoisotopic (exact) mass is 318 g/mol. The number of hydrogen-bond donors (Lipinski definition) is 3. The van der Waals surface area contributed by atoms with Gasteiger partial charge in [-0.05, 0) is 36.6 Å². The first-order chi connectivity index (χ1) is 10.9. The molecule has 0 saturated carbocycles. The molecule has 2 aromatic rings. The quantitative estimate of drug-likeness (QED) is 0.712. The number of nitrogens with two attached hydrogens (primary N) is 1. The van der Waals surface area contributed by atoms with Crippen molar-refractivity contribution in [1.82, 2.24) is 14.9 Å². The molecular weight excluding hydrogens is 303 g/mol. The number of rotatable bonds is 1. The van der Waals surface area contributed by atoms with E-state index in [2.05, 4.69) is 4.98 Å². The van der Waals surface area contributed by atoms with Crippen LogP contribution >= 0.6 is 0 Å². The van der Waals surface area contributed by atoms with Crippen LogP contribution in [0.4, 0.5) is 10.1 Å². The highest BCUT2D eigenvalue weighted by Crippen LogP contribution is 2.30. The van der Waals surface area contributed by atoms with Crippen molar-refractivity contribution in [2.24, 2.45) is 0 Å². The molecule has 0 fully saturated rings. The molecule has 0 radical (unpaired) electrons. The zero-order valence-corrected chi connectivity index (χ0v) is 12.4. The normalized spacial score (nSPS) is 17.0. The zero-order valence-electron chi connectivity index (χ0n) is 12.4. The van der Waals surface area contributed by atoms with Crippen molar-refractivity contribution in [2.45, 2.75) is 19.4 Å². The van der Waals surface area contributed by atoms with Crippen LogP contribution in [0.1, 0.15) is 34.6 Å². The van der Waals surface area contributed by atoms with Gasteiger partial charge in [0.05, 0.1) is 6.04 Å². The van der Waals surface area contributed by atoms with Crippen LogP contribution in [-0.2, 0) is 6.42 Å². The summed E-state index contributed by atoms with van der Waals surface area (Å²) < 4.78 is 13.3. The van der Waals surface area contributed by atoms with E-state index in [0.29, 0.717) is 13.0 Å². The summed E-state index contributed by atoms with van der Waals surface area (Å²) in [5.74, 6) is -0.855. The number of nitrogens with zero attached hydrogens (tertiary/aromatic N) is 1. The van der Waals surface area contributed by atoms with E-state index in [1.54, 1.807) is 13.0 Å². The Labute approximate surface area is 129 Å².